The first-order valence-electron chi connectivity index (χ1n) is 4.40. The van der Waals surface area contributed by atoms with E-state index in [2.05, 4.69) is 14.5 Å². The van der Waals surface area contributed by atoms with Crippen molar-refractivity contribution in [3.8, 4) is 11.8 Å². The number of nitrogens with zero attached hydrogens (tertiary/aromatic N) is 2. The number of carbonyl (C=O) groups excluding carboxylic acids is 1. The zero-order valence-electron chi connectivity index (χ0n) is 9.03. The number of alkyl halides is 2. The van der Waals surface area contributed by atoms with E-state index < -0.39 is 29.2 Å². The van der Waals surface area contributed by atoms with Gasteiger partial charge in [0.05, 0.1) is 26.0 Å². The van der Waals surface area contributed by atoms with Crippen LogP contribution in [-0.4, -0.2) is 25.2 Å². The first-order valence-corrected chi connectivity index (χ1v) is 4.40. The highest BCUT2D eigenvalue weighted by molar-refractivity contribution is 5.94. The van der Waals surface area contributed by atoms with Crippen molar-refractivity contribution in [2.75, 3.05) is 14.2 Å². The van der Waals surface area contributed by atoms with Crippen molar-refractivity contribution in [2.24, 2.45) is 0 Å². The number of pyridine rings is 1. The van der Waals surface area contributed by atoms with Crippen LogP contribution in [0, 0.1) is 11.3 Å². The zero-order valence-corrected chi connectivity index (χ0v) is 9.03. The van der Waals surface area contributed by atoms with Gasteiger partial charge in [0, 0.05) is 0 Å². The van der Waals surface area contributed by atoms with Gasteiger partial charge in [-0.25, -0.2) is 18.6 Å². The maximum Gasteiger partial charge on any atom is 0.341 e. The molecule has 0 saturated carbocycles. The summed E-state index contributed by atoms with van der Waals surface area (Å²) >= 11 is 0. The Hall–Kier alpha value is -2.23. The molecule has 0 aliphatic carbocycles. The molecular formula is C10H8F2N2O3. The number of halogens is 2. The monoisotopic (exact) mass is 242 g/mol. The van der Waals surface area contributed by atoms with Crippen LogP contribution < -0.4 is 4.74 Å². The summed E-state index contributed by atoms with van der Waals surface area (Å²) in [5.74, 6) is -1.32. The van der Waals surface area contributed by atoms with Crippen molar-refractivity contribution in [3.63, 3.8) is 0 Å². The summed E-state index contributed by atoms with van der Waals surface area (Å²) in [7, 11) is 2.19. The number of carbonyl (C=O) groups is 1. The molecule has 17 heavy (non-hydrogen) atoms. The quantitative estimate of drug-likeness (QED) is 0.754. The molecule has 0 saturated heterocycles. The van der Waals surface area contributed by atoms with E-state index in [4.69, 9.17) is 5.26 Å². The van der Waals surface area contributed by atoms with E-state index in [1.807, 2.05) is 0 Å². The standard InChI is InChI=1S/C10H8F2N2O3/c1-16-6-4-14-5(3-13)7(10(15)17-2)8(6)9(11)12/h4,9H,1-2H3. The van der Waals surface area contributed by atoms with Crippen molar-refractivity contribution in [1.29, 1.82) is 5.26 Å². The lowest BCUT2D eigenvalue weighted by Crippen LogP contribution is -2.12. The van der Waals surface area contributed by atoms with Gasteiger partial charge in [-0.1, -0.05) is 0 Å². The van der Waals surface area contributed by atoms with Crippen molar-refractivity contribution in [1.82, 2.24) is 4.98 Å². The molecule has 0 aromatic carbocycles. The van der Waals surface area contributed by atoms with Crippen LogP contribution in [0.2, 0.25) is 0 Å². The van der Waals surface area contributed by atoms with Crippen molar-refractivity contribution in [2.45, 2.75) is 6.43 Å². The summed E-state index contributed by atoms with van der Waals surface area (Å²) in [5, 5.41) is 8.73. The van der Waals surface area contributed by atoms with E-state index in [9.17, 15) is 13.6 Å². The molecule has 1 aromatic rings. The molecule has 90 valence electrons. The van der Waals surface area contributed by atoms with Gasteiger partial charge in [0.2, 0.25) is 0 Å². The van der Waals surface area contributed by atoms with E-state index in [1.54, 1.807) is 6.07 Å². The molecule has 7 heteroatoms. The van der Waals surface area contributed by atoms with Crippen molar-refractivity contribution in [3.05, 3.63) is 23.0 Å². The summed E-state index contributed by atoms with van der Waals surface area (Å²) in [4.78, 5) is 14.9. The highest BCUT2D eigenvalue weighted by Gasteiger charge is 2.28. The molecule has 0 spiro atoms. The average Bonchev–Trinajstić information content (AvgIpc) is 2.35. The highest BCUT2D eigenvalue weighted by atomic mass is 19.3. The molecule has 0 amide bonds. The minimum absolute atomic E-state index is 0.264. The van der Waals surface area contributed by atoms with Gasteiger partial charge in [0.1, 0.15) is 17.4 Å². The van der Waals surface area contributed by atoms with Crippen LogP contribution in [0.15, 0.2) is 6.20 Å². The van der Waals surface area contributed by atoms with Crippen LogP contribution in [0.4, 0.5) is 8.78 Å². The number of nitriles is 1. The van der Waals surface area contributed by atoms with Crippen LogP contribution in [0.1, 0.15) is 28.0 Å². The Morgan fingerprint density at radius 3 is 2.59 bits per heavy atom. The molecule has 0 fully saturated rings. The van der Waals surface area contributed by atoms with Gasteiger partial charge in [-0.15, -0.1) is 0 Å². The van der Waals surface area contributed by atoms with Crippen molar-refractivity contribution < 1.29 is 23.0 Å². The second-order valence-electron chi connectivity index (χ2n) is 2.87. The number of hydrogen-bond donors (Lipinski definition) is 0. The predicted molar refractivity (Wildman–Crippen MR) is 51.8 cm³/mol. The molecule has 1 heterocycles. The minimum atomic E-state index is -2.98. The Labute approximate surface area is 95.6 Å². The van der Waals surface area contributed by atoms with E-state index >= 15 is 0 Å². The third kappa shape index (κ3) is 2.30. The SMILES string of the molecule is COC(=O)c1c(C#N)ncc(OC)c1C(F)F. The van der Waals surface area contributed by atoms with E-state index in [-0.39, 0.29) is 5.75 Å². The van der Waals surface area contributed by atoms with Gasteiger partial charge in [0.15, 0.2) is 5.69 Å². The van der Waals surface area contributed by atoms with E-state index in [0.717, 1.165) is 20.4 Å². The largest absolute Gasteiger partial charge is 0.495 e. The topological polar surface area (TPSA) is 72.2 Å². The lowest BCUT2D eigenvalue weighted by atomic mass is 10.1. The Morgan fingerprint density at radius 1 is 1.53 bits per heavy atom. The lowest BCUT2D eigenvalue weighted by Gasteiger charge is -2.12. The zero-order chi connectivity index (χ0) is 13.0. The Morgan fingerprint density at radius 2 is 2.18 bits per heavy atom. The van der Waals surface area contributed by atoms with Crippen LogP contribution in [0.5, 0.6) is 5.75 Å². The van der Waals surface area contributed by atoms with Gasteiger partial charge >= 0.3 is 5.97 Å². The van der Waals surface area contributed by atoms with Crippen molar-refractivity contribution >= 4 is 5.97 Å². The molecule has 0 N–H and O–H groups in total. The molecule has 0 bridgehead atoms. The maximum atomic E-state index is 12.9. The minimum Gasteiger partial charge on any atom is -0.495 e. The Kier molecular flexibility index (Phi) is 3.93. The normalized spacial score (nSPS) is 9.88. The van der Waals surface area contributed by atoms with Gasteiger partial charge in [-0.3, -0.25) is 0 Å². The second-order valence-corrected chi connectivity index (χ2v) is 2.87. The molecule has 0 atom stereocenters. The van der Waals surface area contributed by atoms with Crippen LogP contribution in [0.25, 0.3) is 0 Å². The summed E-state index contributed by atoms with van der Waals surface area (Å²) in [6.45, 7) is 0. The number of rotatable bonds is 3. The summed E-state index contributed by atoms with van der Waals surface area (Å²) in [6, 6.07) is 1.56. The average molecular weight is 242 g/mol. The number of aromatic nitrogens is 1. The summed E-state index contributed by atoms with van der Waals surface area (Å²) in [6.07, 6.45) is -2.01. The molecular weight excluding hydrogens is 234 g/mol. The molecule has 1 rings (SSSR count). The van der Waals surface area contributed by atoms with Gasteiger partial charge in [-0.05, 0) is 0 Å². The third-order valence-corrected chi connectivity index (χ3v) is 2.02. The first-order chi connectivity index (χ1) is 8.06. The summed E-state index contributed by atoms with van der Waals surface area (Å²) < 4.78 is 34.8. The van der Waals surface area contributed by atoms with Gasteiger partial charge in [-0.2, -0.15) is 5.26 Å². The van der Waals surface area contributed by atoms with Crippen LogP contribution >= 0.6 is 0 Å². The fourth-order valence-electron chi connectivity index (χ4n) is 1.28. The molecule has 0 aliphatic heterocycles. The Balaban J connectivity index is 3.59. The van der Waals surface area contributed by atoms with Gasteiger partial charge in [0.25, 0.3) is 6.43 Å². The third-order valence-electron chi connectivity index (χ3n) is 2.02. The smallest absolute Gasteiger partial charge is 0.341 e. The molecule has 0 unspecified atom stereocenters. The summed E-state index contributed by atoms with van der Waals surface area (Å²) in [5.41, 5.74) is -1.68. The number of methoxy groups -OCH3 is 2. The van der Waals surface area contributed by atoms with Crippen LogP contribution in [-0.2, 0) is 4.74 Å². The highest BCUT2D eigenvalue weighted by Crippen LogP contribution is 2.33. The molecule has 5 nitrogen and oxygen atoms in total. The molecule has 1 aromatic heterocycles. The number of hydrogen-bond acceptors (Lipinski definition) is 5. The number of ether oxygens (including phenoxy) is 2. The molecule has 0 radical (unpaired) electrons. The Bertz CT molecular complexity index is 483. The molecule has 0 aliphatic rings. The predicted octanol–water partition coefficient (Wildman–Crippen LogP) is 1.69. The maximum absolute atomic E-state index is 12.9. The fraction of sp³-hybridized carbons (Fsp3) is 0.300. The fourth-order valence-corrected chi connectivity index (χ4v) is 1.28. The van der Waals surface area contributed by atoms with Gasteiger partial charge < -0.3 is 9.47 Å². The second kappa shape index (κ2) is 5.21. The van der Waals surface area contributed by atoms with Crippen LogP contribution in [0.3, 0.4) is 0 Å². The van der Waals surface area contributed by atoms with E-state index in [0.29, 0.717) is 0 Å². The lowest BCUT2D eigenvalue weighted by molar-refractivity contribution is 0.0586. The first kappa shape index (κ1) is 12.8. The number of esters is 1. The van der Waals surface area contributed by atoms with E-state index in [1.165, 1.54) is 0 Å².